The van der Waals surface area contributed by atoms with Crippen LogP contribution >= 0.6 is 0 Å². The molecule has 0 amide bonds. The van der Waals surface area contributed by atoms with Gasteiger partial charge in [-0.25, -0.2) is 4.39 Å². The Bertz CT molecular complexity index is 219. The van der Waals surface area contributed by atoms with Crippen molar-refractivity contribution in [3.05, 3.63) is 0 Å². The Balaban J connectivity index is 2.26. The third-order valence-electron chi connectivity index (χ3n) is 4.90. The van der Waals surface area contributed by atoms with Gasteiger partial charge < -0.3 is 5.32 Å². The molecule has 3 atom stereocenters. The van der Waals surface area contributed by atoms with Crippen molar-refractivity contribution in [2.45, 2.75) is 90.6 Å². The minimum absolute atomic E-state index is 0.294. The van der Waals surface area contributed by atoms with E-state index in [0.29, 0.717) is 18.4 Å². The Morgan fingerprint density at radius 3 is 1.90 bits per heavy atom. The minimum Gasteiger partial charge on any atom is -0.313 e. The number of unbranched alkanes of at least 4 members (excludes halogenated alkanes) is 7. The van der Waals surface area contributed by atoms with E-state index in [2.05, 4.69) is 19.2 Å². The summed E-state index contributed by atoms with van der Waals surface area (Å²) in [5.41, 5.74) is 0. The highest BCUT2D eigenvalue weighted by Crippen LogP contribution is 2.31. The van der Waals surface area contributed by atoms with Crippen molar-refractivity contribution in [2.24, 2.45) is 11.8 Å². The van der Waals surface area contributed by atoms with Crippen LogP contribution in [0.5, 0.6) is 0 Å². The van der Waals surface area contributed by atoms with Crippen molar-refractivity contribution in [1.82, 2.24) is 5.32 Å². The molecule has 1 N–H and O–H groups in total. The number of hydrogen-bond donors (Lipinski definition) is 1. The van der Waals surface area contributed by atoms with Crippen LogP contribution < -0.4 is 5.32 Å². The second kappa shape index (κ2) is 11.5. The molecule has 0 aliphatic carbocycles. The molecule has 0 spiro atoms. The molecule has 1 aliphatic heterocycles. The number of nitrogens with one attached hydrogen (secondary N) is 1. The molecule has 0 bridgehead atoms. The van der Waals surface area contributed by atoms with Gasteiger partial charge in [-0.1, -0.05) is 84.5 Å². The van der Waals surface area contributed by atoms with E-state index in [1.165, 1.54) is 70.6 Å². The molecule has 1 aliphatic rings. The van der Waals surface area contributed by atoms with Crippen LogP contribution in [0.2, 0.25) is 0 Å². The third kappa shape index (κ3) is 7.06. The summed E-state index contributed by atoms with van der Waals surface area (Å²) in [6.07, 6.45) is 13.8. The van der Waals surface area contributed by atoms with E-state index < -0.39 is 6.17 Å². The largest absolute Gasteiger partial charge is 0.313 e. The van der Waals surface area contributed by atoms with Crippen molar-refractivity contribution in [3.63, 3.8) is 0 Å². The first-order valence-electron chi connectivity index (χ1n) is 9.14. The third-order valence-corrected chi connectivity index (χ3v) is 4.90. The monoisotopic (exact) mass is 285 g/mol. The molecule has 2 unspecified atom stereocenters. The Kier molecular flexibility index (Phi) is 10.4. The first-order valence-corrected chi connectivity index (χ1v) is 9.14. The Labute approximate surface area is 126 Å². The maximum atomic E-state index is 14.0. The quantitative estimate of drug-likeness (QED) is 0.467. The van der Waals surface area contributed by atoms with Gasteiger partial charge in [-0.2, -0.15) is 0 Å². The summed E-state index contributed by atoms with van der Waals surface area (Å²) in [6.45, 7) is 6.01. The molecule has 1 heterocycles. The Morgan fingerprint density at radius 1 is 0.850 bits per heavy atom. The van der Waals surface area contributed by atoms with Gasteiger partial charge in [0.25, 0.3) is 0 Å². The highest BCUT2D eigenvalue weighted by Gasteiger charge is 2.32. The fourth-order valence-corrected chi connectivity index (χ4v) is 3.54. The second-order valence-corrected chi connectivity index (χ2v) is 6.65. The summed E-state index contributed by atoms with van der Waals surface area (Å²) in [4.78, 5) is 0. The van der Waals surface area contributed by atoms with Gasteiger partial charge in [0.05, 0.1) is 0 Å². The summed E-state index contributed by atoms with van der Waals surface area (Å²) in [6, 6.07) is 0. The Hall–Kier alpha value is -0.110. The molecule has 20 heavy (non-hydrogen) atoms. The molecule has 0 radical (unpaired) electrons. The smallest absolute Gasteiger partial charge is 0.117 e. The van der Waals surface area contributed by atoms with E-state index in [9.17, 15) is 4.39 Å². The number of rotatable bonds is 12. The molecule has 0 aromatic heterocycles. The SMILES string of the molecule is CCCCCCCC(CCCCCC)C1CNC[C@H]1F. The van der Waals surface area contributed by atoms with Crippen LogP contribution in [0.4, 0.5) is 4.39 Å². The summed E-state index contributed by atoms with van der Waals surface area (Å²) < 4.78 is 14.0. The lowest BCUT2D eigenvalue weighted by molar-refractivity contribution is 0.190. The first kappa shape index (κ1) is 17.9. The number of alkyl halides is 1. The van der Waals surface area contributed by atoms with E-state index in [-0.39, 0.29) is 0 Å². The van der Waals surface area contributed by atoms with E-state index >= 15 is 0 Å². The van der Waals surface area contributed by atoms with Crippen molar-refractivity contribution >= 4 is 0 Å². The molecule has 1 fully saturated rings. The Morgan fingerprint density at radius 2 is 1.40 bits per heavy atom. The zero-order chi connectivity index (χ0) is 14.6. The van der Waals surface area contributed by atoms with Crippen LogP contribution in [-0.2, 0) is 0 Å². The maximum Gasteiger partial charge on any atom is 0.117 e. The van der Waals surface area contributed by atoms with Crippen LogP contribution in [0.25, 0.3) is 0 Å². The lowest BCUT2D eigenvalue weighted by atomic mass is 9.82. The van der Waals surface area contributed by atoms with E-state index in [0.717, 1.165) is 6.54 Å². The normalized spacial score (nSPS) is 24.1. The molecule has 0 saturated carbocycles. The van der Waals surface area contributed by atoms with Gasteiger partial charge >= 0.3 is 0 Å². The van der Waals surface area contributed by atoms with Gasteiger partial charge in [0.15, 0.2) is 0 Å². The molecule has 0 aromatic carbocycles. The lowest BCUT2D eigenvalue weighted by Crippen LogP contribution is -2.24. The standard InChI is InChI=1S/C18H36FN/c1-3-5-7-9-11-13-16(12-10-8-6-4-2)17-14-20-15-18(17)19/h16-18,20H,3-15H2,1-2H3/t16?,17?,18-/m1/s1. The second-order valence-electron chi connectivity index (χ2n) is 6.65. The summed E-state index contributed by atoms with van der Waals surface area (Å²) >= 11 is 0. The average Bonchev–Trinajstić information content (AvgIpc) is 2.87. The molecular weight excluding hydrogens is 249 g/mol. The van der Waals surface area contributed by atoms with Crippen LogP contribution in [0.3, 0.4) is 0 Å². The topological polar surface area (TPSA) is 12.0 Å². The van der Waals surface area contributed by atoms with Crippen molar-refractivity contribution < 1.29 is 4.39 Å². The van der Waals surface area contributed by atoms with E-state index in [4.69, 9.17) is 0 Å². The number of halogens is 1. The molecule has 1 nitrogen and oxygen atoms in total. The summed E-state index contributed by atoms with van der Waals surface area (Å²) in [5, 5.41) is 3.24. The van der Waals surface area contributed by atoms with Gasteiger partial charge in [-0.15, -0.1) is 0 Å². The van der Waals surface area contributed by atoms with Gasteiger partial charge in [0.1, 0.15) is 6.17 Å². The zero-order valence-corrected chi connectivity index (χ0v) is 13.8. The minimum atomic E-state index is -0.596. The predicted molar refractivity (Wildman–Crippen MR) is 86.9 cm³/mol. The summed E-state index contributed by atoms with van der Waals surface area (Å²) in [7, 11) is 0. The molecule has 2 heteroatoms. The zero-order valence-electron chi connectivity index (χ0n) is 13.8. The van der Waals surface area contributed by atoms with Crippen molar-refractivity contribution in [3.8, 4) is 0 Å². The maximum absolute atomic E-state index is 14.0. The predicted octanol–water partition coefficient (Wildman–Crippen LogP) is 5.49. The summed E-state index contributed by atoms with van der Waals surface area (Å²) in [5.74, 6) is 0.918. The number of hydrogen-bond acceptors (Lipinski definition) is 1. The van der Waals surface area contributed by atoms with Crippen LogP contribution in [0.15, 0.2) is 0 Å². The fourth-order valence-electron chi connectivity index (χ4n) is 3.54. The molecule has 1 saturated heterocycles. The highest BCUT2D eigenvalue weighted by molar-refractivity contribution is 4.86. The van der Waals surface area contributed by atoms with Crippen LogP contribution in [0.1, 0.15) is 84.5 Å². The van der Waals surface area contributed by atoms with E-state index in [1.54, 1.807) is 0 Å². The van der Waals surface area contributed by atoms with Gasteiger partial charge in [0, 0.05) is 19.0 Å². The highest BCUT2D eigenvalue weighted by atomic mass is 19.1. The first-order chi connectivity index (χ1) is 9.79. The van der Waals surface area contributed by atoms with Crippen molar-refractivity contribution in [1.29, 1.82) is 0 Å². The molecule has 0 aromatic rings. The lowest BCUT2D eigenvalue weighted by Gasteiger charge is -2.24. The molecule has 120 valence electrons. The van der Waals surface area contributed by atoms with Crippen molar-refractivity contribution in [2.75, 3.05) is 13.1 Å². The van der Waals surface area contributed by atoms with Crippen LogP contribution in [-0.4, -0.2) is 19.3 Å². The van der Waals surface area contributed by atoms with E-state index in [1.807, 2.05) is 0 Å². The van der Waals surface area contributed by atoms with Gasteiger partial charge in [0.2, 0.25) is 0 Å². The van der Waals surface area contributed by atoms with Gasteiger partial charge in [-0.05, 0) is 5.92 Å². The fraction of sp³-hybridized carbons (Fsp3) is 1.00. The molecular formula is C18H36FN. The molecule has 1 rings (SSSR count). The van der Waals surface area contributed by atoms with Crippen LogP contribution in [0, 0.1) is 11.8 Å². The average molecular weight is 285 g/mol. The van der Waals surface area contributed by atoms with Gasteiger partial charge in [-0.3, -0.25) is 0 Å².